The molecule has 0 aliphatic heterocycles. The first-order chi connectivity index (χ1) is 7.54. The van der Waals surface area contributed by atoms with Crippen molar-refractivity contribution < 1.29 is 15.0 Å². The number of aliphatic hydroxyl groups is 1. The van der Waals surface area contributed by atoms with Crippen molar-refractivity contribution in [3.8, 4) is 5.75 Å². The zero-order chi connectivity index (χ0) is 12.1. The summed E-state index contributed by atoms with van der Waals surface area (Å²) in [4.78, 5) is 11.6. The lowest BCUT2D eigenvalue weighted by molar-refractivity contribution is 0.0939. The third kappa shape index (κ3) is 3.24. The third-order valence-corrected chi connectivity index (χ3v) is 2.32. The Morgan fingerprint density at radius 2 is 2.19 bits per heavy atom. The summed E-state index contributed by atoms with van der Waals surface area (Å²) in [5.74, 6) is -0.330. The third-order valence-electron chi connectivity index (χ3n) is 2.32. The molecule has 0 aliphatic rings. The second kappa shape index (κ2) is 5.51. The summed E-state index contributed by atoms with van der Waals surface area (Å²) >= 11 is 0. The molecule has 0 heterocycles. The minimum absolute atomic E-state index is 0.0107. The van der Waals surface area contributed by atoms with Crippen LogP contribution in [0, 0.1) is 12.8 Å². The van der Waals surface area contributed by atoms with Gasteiger partial charge in [-0.1, -0.05) is 13.0 Å². The molecule has 1 aromatic carbocycles. The number of hydrogen-bond acceptors (Lipinski definition) is 3. The Balaban J connectivity index is 2.66. The molecule has 0 fully saturated rings. The Kier molecular flexibility index (Phi) is 4.31. The van der Waals surface area contributed by atoms with Crippen molar-refractivity contribution in [3.63, 3.8) is 0 Å². The van der Waals surface area contributed by atoms with Crippen molar-refractivity contribution in [2.75, 3.05) is 13.2 Å². The predicted octanol–water partition coefficient (Wildman–Crippen LogP) is 1.06. The highest BCUT2D eigenvalue weighted by atomic mass is 16.3. The van der Waals surface area contributed by atoms with Gasteiger partial charge in [0.2, 0.25) is 0 Å². The summed E-state index contributed by atoms with van der Waals surface area (Å²) in [7, 11) is 0. The number of nitrogens with one attached hydrogen (secondary N) is 1. The van der Waals surface area contributed by atoms with Crippen LogP contribution < -0.4 is 5.32 Å². The van der Waals surface area contributed by atoms with Crippen LogP contribution in [0.4, 0.5) is 0 Å². The van der Waals surface area contributed by atoms with Crippen LogP contribution in [0.1, 0.15) is 22.8 Å². The van der Waals surface area contributed by atoms with E-state index in [4.69, 9.17) is 5.11 Å². The molecule has 0 spiro atoms. The summed E-state index contributed by atoms with van der Waals surface area (Å²) in [6.07, 6.45) is 0. The Morgan fingerprint density at radius 1 is 1.50 bits per heavy atom. The normalized spacial score (nSPS) is 12.2. The monoisotopic (exact) mass is 223 g/mol. The van der Waals surface area contributed by atoms with Gasteiger partial charge in [-0.25, -0.2) is 0 Å². The molecule has 4 heteroatoms. The fourth-order valence-electron chi connectivity index (χ4n) is 1.26. The van der Waals surface area contributed by atoms with Gasteiger partial charge in [-0.3, -0.25) is 4.79 Å². The van der Waals surface area contributed by atoms with Gasteiger partial charge in [0.1, 0.15) is 5.75 Å². The summed E-state index contributed by atoms with van der Waals surface area (Å²) in [5, 5.41) is 21.0. The standard InChI is InChI=1S/C12H17NO3/c1-8-3-4-10(11(15)5-8)12(16)13-6-9(2)7-14/h3-5,9,14-15H,6-7H2,1-2H3,(H,13,16). The van der Waals surface area contributed by atoms with Gasteiger partial charge >= 0.3 is 0 Å². The molecule has 1 atom stereocenters. The van der Waals surface area contributed by atoms with Crippen molar-refractivity contribution in [1.29, 1.82) is 0 Å². The topological polar surface area (TPSA) is 69.6 Å². The summed E-state index contributed by atoms with van der Waals surface area (Å²) in [5.41, 5.74) is 1.16. The van der Waals surface area contributed by atoms with Gasteiger partial charge in [0.05, 0.1) is 5.56 Å². The minimum Gasteiger partial charge on any atom is -0.507 e. The van der Waals surface area contributed by atoms with Crippen LogP contribution in [0.3, 0.4) is 0 Å². The van der Waals surface area contributed by atoms with E-state index >= 15 is 0 Å². The van der Waals surface area contributed by atoms with Gasteiger partial charge in [-0.05, 0) is 30.5 Å². The first-order valence-corrected chi connectivity index (χ1v) is 5.23. The lowest BCUT2D eigenvalue weighted by Crippen LogP contribution is -2.29. The zero-order valence-electron chi connectivity index (χ0n) is 9.53. The van der Waals surface area contributed by atoms with Gasteiger partial charge in [0, 0.05) is 13.2 Å². The number of carbonyl (C=O) groups is 1. The molecule has 0 aromatic heterocycles. The molecule has 1 amide bonds. The average Bonchev–Trinajstić information content (AvgIpc) is 2.25. The van der Waals surface area contributed by atoms with E-state index in [0.717, 1.165) is 5.56 Å². The highest BCUT2D eigenvalue weighted by Gasteiger charge is 2.11. The van der Waals surface area contributed by atoms with Gasteiger partial charge in [0.15, 0.2) is 0 Å². The van der Waals surface area contributed by atoms with E-state index in [0.29, 0.717) is 6.54 Å². The highest BCUT2D eigenvalue weighted by molar-refractivity contribution is 5.96. The van der Waals surface area contributed by atoms with Crippen molar-refractivity contribution in [2.24, 2.45) is 5.92 Å². The maximum absolute atomic E-state index is 11.6. The van der Waals surface area contributed by atoms with E-state index < -0.39 is 0 Å². The van der Waals surface area contributed by atoms with Crippen LogP contribution in [-0.2, 0) is 0 Å². The van der Waals surface area contributed by atoms with Crippen molar-refractivity contribution in [2.45, 2.75) is 13.8 Å². The molecule has 1 rings (SSSR count). The van der Waals surface area contributed by atoms with Gasteiger partial charge in [-0.2, -0.15) is 0 Å². The fourth-order valence-corrected chi connectivity index (χ4v) is 1.26. The molecule has 16 heavy (non-hydrogen) atoms. The van der Waals surface area contributed by atoms with Crippen molar-refractivity contribution in [1.82, 2.24) is 5.32 Å². The van der Waals surface area contributed by atoms with E-state index in [-0.39, 0.29) is 29.7 Å². The largest absolute Gasteiger partial charge is 0.507 e. The maximum atomic E-state index is 11.6. The molecule has 0 saturated heterocycles. The van der Waals surface area contributed by atoms with Crippen molar-refractivity contribution >= 4 is 5.91 Å². The van der Waals surface area contributed by atoms with Crippen LogP contribution in [-0.4, -0.2) is 29.3 Å². The first-order valence-electron chi connectivity index (χ1n) is 5.23. The van der Waals surface area contributed by atoms with Crippen molar-refractivity contribution in [3.05, 3.63) is 29.3 Å². The number of carbonyl (C=O) groups excluding carboxylic acids is 1. The molecule has 88 valence electrons. The molecular weight excluding hydrogens is 206 g/mol. The molecule has 0 aliphatic carbocycles. The number of aromatic hydroxyl groups is 1. The second-order valence-electron chi connectivity index (χ2n) is 4.02. The SMILES string of the molecule is Cc1ccc(C(=O)NCC(C)CO)c(O)c1. The van der Waals surface area contributed by atoms with Gasteiger partial charge in [0.25, 0.3) is 5.91 Å². The zero-order valence-corrected chi connectivity index (χ0v) is 9.53. The molecular formula is C12H17NO3. The predicted molar refractivity (Wildman–Crippen MR) is 61.4 cm³/mol. The number of phenols is 1. The lowest BCUT2D eigenvalue weighted by atomic mass is 10.1. The van der Waals surface area contributed by atoms with Crippen LogP contribution in [0.5, 0.6) is 5.75 Å². The molecule has 0 saturated carbocycles. The van der Waals surface area contributed by atoms with Gasteiger partial charge < -0.3 is 15.5 Å². The number of amides is 1. The quantitative estimate of drug-likeness (QED) is 0.714. The second-order valence-corrected chi connectivity index (χ2v) is 4.02. The molecule has 1 aromatic rings. The molecule has 1 unspecified atom stereocenters. The average molecular weight is 223 g/mol. The Labute approximate surface area is 94.9 Å². The number of hydrogen-bond donors (Lipinski definition) is 3. The van der Waals surface area contributed by atoms with Crippen LogP contribution >= 0.6 is 0 Å². The summed E-state index contributed by atoms with van der Waals surface area (Å²) in [6.45, 7) is 4.09. The van der Waals surface area contributed by atoms with Crippen LogP contribution in [0.25, 0.3) is 0 Å². The van der Waals surface area contributed by atoms with Crippen LogP contribution in [0.2, 0.25) is 0 Å². The highest BCUT2D eigenvalue weighted by Crippen LogP contribution is 2.18. The Bertz CT molecular complexity index is 377. The first kappa shape index (κ1) is 12.5. The van der Waals surface area contributed by atoms with Gasteiger partial charge in [-0.15, -0.1) is 0 Å². The Hall–Kier alpha value is -1.55. The summed E-state index contributed by atoms with van der Waals surface area (Å²) < 4.78 is 0. The molecule has 4 nitrogen and oxygen atoms in total. The number of aryl methyl sites for hydroxylation is 1. The van der Waals surface area contributed by atoms with Crippen LogP contribution in [0.15, 0.2) is 18.2 Å². The Morgan fingerprint density at radius 3 is 2.75 bits per heavy atom. The molecule has 3 N–H and O–H groups in total. The maximum Gasteiger partial charge on any atom is 0.255 e. The molecule has 0 bridgehead atoms. The number of benzene rings is 1. The van der Waals surface area contributed by atoms with E-state index in [1.54, 1.807) is 18.2 Å². The minimum atomic E-state index is -0.321. The number of phenolic OH excluding ortho intramolecular Hbond substituents is 1. The smallest absolute Gasteiger partial charge is 0.255 e. The van der Waals surface area contributed by atoms with E-state index in [1.807, 2.05) is 13.8 Å². The number of aliphatic hydroxyl groups excluding tert-OH is 1. The fraction of sp³-hybridized carbons (Fsp3) is 0.417. The number of rotatable bonds is 4. The lowest BCUT2D eigenvalue weighted by Gasteiger charge is -2.10. The van der Waals surface area contributed by atoms with E-state index in [1.165, 1.54) is 0 Å². The van der Waals surface area contributed by atoms with E-state index in [9.17, 15) is 9.90 Å². The summed E-state index contributed by atoms with van der Waals surface area (Å²) in [6, 6.07) is 4.90. The van der Waals surface area contributed by atoms with E-state index in [2.05, 4.69) is 5.32 Å². The molecule has 0 radical (unpaired) electrons.